The number of benzodiazepines with no additional fused rings is 1. The summed E-state index contributed by atoms with van der Waals surface area (Å²) in [5.74, 6) is -1.08. The highest BCUT2D eigenvalue weighted by Crippen LogP contribution is 2.29. The molecule has 0 saturated heterocycles. The van der Waals surface area contributed by atoms with E-state index in [0.29, 0.717) is 22.5 Å². The summed E-state index contributed by atoms with van der Waals surface area (Å²) in [7, 11) is 1.67. The molecule has 0 saturated carbocycles. The van der Waals surface area contributed by atoms with E-state index in [-0.39, 0.29) is 25.4 Å². The second-order valence-corrected chi connectivity index (χ2v) is 7.57. The molecule has 0 radical (unpaired) electrons. The van der Waals surface area contributed by atoms with Crippen molar-refractivity contribution < 1.29 is 18.7 Å². The zero-order chi connectivity index (χ0) is 22.5. The lowest BCUT2D eigenvalue weighted by Crippen LogP contribution is -2.35. The molecule has 0 aromatic heterocycles. The zero-order valence-corrected chi connectivity index (χ0v) is 17.7. The van der Waals surface area contributed by atoms with Crippen molar-refractivity contribution in [3.05, 3.63) is 101 Å². The predicted octanol–water partition coefficient (Wildman–Crippen LogP) is 4.53. The number of aliphatic imine (C=N–C) groups is 1. The molecule has 0 fully saturated rings. The first-order chi connectivity index (χ1) is 15.5. The molecule has 0 bridgehead atoms. The molecule has 32 heavy (non-hydrogen) atoms. The smallest absolute Gasteiger partial charge is 0.306 e. The number of esters is 1. The van der Waals surface area contributed by atoms with E-state index >= 15 is 0 Å². The van der Waals surface area contributed by atoms with Gasteiger partial charge in [-0.1, -0.05) is 60.7 Å². The average molecular weight is 430 g/mol. The van der Waals surface area contributed by atoms with Gasteiger partial charge in [0.1, 0.15) is 18.5 Å². The van der Waals surface area contributed by atoms with Crippen molar-refractivity contribution in [1.82, 2.24) is 0 Å². The Hall–Kier alpha value is -3.80. The van der Waals surface area contributed by atoms with Crippen molar-refractivity contribution in [3.63, 3.8) is 0 Å². The van der Waals surface area contributed by atoms with E-state index < -0.39 is 17.8 Å². The van der Waals surface area contributed by atoms with E-state index in [9.17, 15) is 14.0 Å². The first-order valence-electron chi connectivity index (χ1n) is 10.4. The highest BCUT2D eigenvalue weighted by molar-refractivity contribution is 6.20. The second kappa shape index (κ2) is 9.56. The number of para-hydroxylation sites is 1. The summed E-state index contributed by atoms with van der Waals surface area (Å²) in [5, 5.41) is 0. The molecule has 3 aromatic carbocycles. The molecule has 0 N–H and O–H groups in total. The molecule has 1 aliphatic heterocycles. The van der Waals surface area contributed by atoms with Gasteiger partial charge in [0.25, 0.3) is 5.91 Å². The van der Waals surface area contributed by atoms with Gasteiger partial charge in [0.15, 0.2) is 0 Å². The number of ether oxygens (including phenoxy) is 1. The monoisotopic (exact) mass is 430 g/mol. The summed E-state index contributed by atoms with van der Waals surface area (Å²) < 4.78 is 20.0. The summed E-state index contributed by atoms with van der Waals surface area (Å²) >= 11 is 0. The summed E-state index contributed by atoms with van der Waals surface area (Å²) in [4.78, 5) is 31.6. The number of anilines is 1. The summed E-state index contributed by atoms with van der Waals surface area (Å²) in [6.07, 6.45) is 0.199. The Morgan fingerprint density at radius 2 is 1.62 bits per heavy atom. The third-order valence-corrected chi connectivity index (χ3v) is 5.41. The third-order valence-electron chi connectivity index (χ3n) is 5.41. The van der Waals surface area contributed by atoms with E-state index in [0.717, 1.165) is 5.56 Å². The van der Waals surface area contributed by atoms with Crippen LogP contribution in [0.2, 0.25) is 0 Å². The van der Waals surface area contributed by atoms with Crippen LogP contribution in [-0.4, -0.2) is 30.7 Å². The second-order valence-electron chi connectivity index (χ2n) is 7.57. The molecule has 1 aliphatic rings. The molecule has 0 aliphatic carbocycles. The molecular formula is C26H23FN2O3. The molecule has 1 atom stereocenters. The Labute approximate surface area is 186 Å². The normalized spacial score (nSPS) is 15.6. The molecule has 1 heterocycles. The molecule has 4 rings (SSSR count). The maximum Gasteiger partial charge on any atom is 0.306 e. The number of benzene rings is 3. The average Bonchev–Trinajstić information content (AvgIpc) is 2.93. The van der Waals surface area contributed by atoms with E-state index in [1.807, 2.05) is 48.5 Å². The fraction of sp³-hybridized carbons (Fsp3) is 0.192. The topological polar surface area (TPSA) is 59.0 Å². The standard InChI is InChI=1S/C26H23FN2O3/c1-29-23-14-8-6-12-20(23)25(19-11-5-7-13-21(19)27)28-22(26(29)31)15-16-24(30)32-17-18-9-3-2-4-10-18/h2-14,22H,15-17H2,1H3/t22-/m0/s1. The van der Waals surface area contributed by atoms with Crippen molar-refractivity contribution in [1.29, 1.82) is 0 Å². The van der Waals surface area contributed by atoms with Crippen molar-refractivity contribution in [2.75, 3.05) is 11.9 Å². The lowest BCUT2D eigenvalue weighted by molar-refractivity contribution is -0.145. The Bertz CT molecular complexity index is 1160. The van der Waals surface area contributed by atoms with Gasteiger partial charge in [0, 0.05) is 24.6 Å². The number of carbonyl (C=O) groups is 2. The number of fused-ring (bicyclic) bond motifs is 1. The number of likely N-dealkylation sites (N-methyl/N-ethyl adjacent to an activating group) is 1. The SMILES string of the molecule is CN1C(=O)[C@H](CCC(=O)OCc2ccccc2)N=C(c2ccccc2F)c2ccccc21. The van der Waals surface area contributed by atoms with Crippen molar-refractivity contribution >= 4 is 23.3 Å². The first-order valence-corrected chi connectivity index (χ1v) is 10.4. The van der Waals surface area contributed by atoms with Crippen molar-refractivity contribution in [2.24, 2.45) is 4.99 Å². The number of hydrogen-bond acceptors (Lipinski definition) is 4. The number of rotatable bonds is 6. The first kappa shape index (κ1) is 21.4. The maximum atomic E-state index is 14.6. The summed E-state index contributed by atoms with van der Waals surface area (Å²) in [5.41, 5.74) is 2.93. The van der Waals surface area contributed by atoms with Gasteiger partial charge >= 0.3 is 5.97 Å². The summed E-state index contributed by atoms with van der Waals surface area (Å²) in [6.45, 7) is 0.174. The Morgan fingerprint density at radius 3 is 2.38 bits per heavy atom. The lowest BCUT2D eigenvalue weighted by atomic mass is 10.00. The minimum atomic E-state index is -0.828. The van der Waals surface area contributed by atoms with Gasteiger partial charge in [-0.05, 0) is 30.2 Å². The van der Waals surface area contributed by atoms with E-state index in [4.69, 9.17) is 4.74 Å². The molecule has 162 valence electrons. The van der Waals surface area contributed by atoms with Crippen LogP contribution in [0.4, 0.5) is 10.1 Å². The van der Waals surface area contributed by atoms with Crippen LogP contribution in [0.3, 0.4) is 0 Å². The van der Waals surface area contributed by atoms with E-state index in [1.54, 1.807) is 31.3 Å². The van der Waals surface area contributed by atoms with Crippen LogP contribution < -0.4 is 4.90 Å². The fourth-order valence-corrected chi connectivity index (χ4v) is 3.71. The maximum absolute atomic E-state index is 14.6. The van der Waals surface area contributed by atoms with Crippen LogP contribution >= 0.6 is 0 Å². The predicted molar refractivity (Wildman–Crippen MR) is 121 cm³/mol. The minimum Gasteiger partial charge on any atom is -0.461 e. The zero-order valence-electron chi connectivity index (χ0n) is 17.7. The molecule has 6 heteroatoms. The van der Waals surface area contributed by atoms with Crippen LogP contribution in [0.5, 0.6) is 0 Å². The Balaban J connectivity index is 1.57. The van der Waals surface area contributed by atoms with Crippen LogP contribution in [0.1, 0.15) is 29.5 Å². The molecule has 0 unspecified atom stereocenters. The number of hydrogen-bond donors (Lipinski definition) is 0. The van der Waals surface area contributed by atoms with Gasteiger partial charge in [-0.2, -0.15) is 0 Å². The molecule has 5 nitrogen and oxygen atoms in total. The minimum absolute atomic E-state index is 0.0292. The van der Waals surface area contributed by atoms with E-state index in [1.165, 1.54) is 11.0 Å². The molecule has 1 amide bonds. The van der Waals surface area contributed by atoms with Gasteiger partial charge in [0.05, 0.1) is 11.4 Å². The molecule has 3 aromatic rings. The highest BCUT2D eigenvalue weighted by Gasteiger charge is 2.30. The Kier molecular flexibility index (Phi) is 6.40. The lowest BCUT2D eigenvalue weighted by Gasteiger charge is -2.20. The van der Waals surface area contributed by atoms with Crippen molar-refractivity contribution in [2.45, 2.75) is 25.5 Å². The van der Waals surface area contributed by atoms with E-state index in [2.05, 4.69) is 4.99 Å². The highest BCUT2D eigenvalue weighted by atomic mass is 19.1. The van der Waals surface area contributed by atoms with Gasteiger partial charge in [0.2, 0.25) is 0 Å². The largest absolute Gasteiger partial charge is 0.461 e. The summed E-state index contributed by atoms with van der Waals surface area (Å²) in [6, 6.07) is 22.2. The fourth-order valence-electron chi connectivity index (χ4n) is 3.71. The van der Waals surface area contributed by atoms with Crippen LogP contribution in [0, 0.1) is 5.82 Å². The number of carbonyl (C=O) groups excluding carboxylic acids is 2. The Morgan fingerprint density at radius 1 is 0.969 bits per heavy atom. The van der Waals surface area contributed by atoms with Crippen LogP contribution in [0.25, 0.3) is 0 Å². The van der Waals surface area contributed by atoms with Gasteiger partial charge in [-0.3, -0.25) is 14.6 Å². The van der Waals surface area contributed by atoms with Gasteiger partial charge in [-0.25, -0.2) is 4.39 Å². The third kappa shape index (κ3) is 4.59. The van der Waals surface area contributed by atoms with Crippen LogP contribution in [0.15, 0.2) is 83.9 Å². The van der Waals surface area contributed by atoms with Crippen LogP contribution in [-0.2, 0) is 20.9 Å². The molecular weight excluding hydrogens is 407 g/mol. The quantitative estimate of drug-likeness (QED) is 0.540. The number of nitrogens with zero attached hydrogens (tertiary/aromatic N) is 2. The van der Waals surface area contributed by atoms with Gasteiger partial charge in [-0.15, -0.1) is 0 Å². The number of halogens is 1. The number of amides is 1. The van der Waals surface area contributed by atoms with Crippen molar-refractivity contribution in [3.8, 4) is 0 Å². The molecule has 0 spiro atoms. The van der Waals surface area contributed by atoms with Gasteiger partial charge < -0.3 is 9.64 Å².